The molecule has 0 saturated heterocycles. The number of ether oxygens (including phenoxy) is 1. The number of hydrogen-bond acceptors (Lipinski definition) is 3. The minimum Gasteiger partial charge on any atom is -0.486 e. The minimum absolute atomic E-state index is 0.423. The van der Waals surface area contributed by atoms with Crippen molar-refractivity contribution in [3.8, 4) is 5.75 Å². The first-order valence-corrected chi connectivity index (χ1v) is 7.66. The van der Waals surface area contributed by atoms with E-state index < -0.39 is 0 Å². The van der Waals surface area contributed by atoms with Crippen LogP contribution in [-0.2, 0) is 20.1 Å². The number of rotatable bonds is 4. The summed E-state index contributed by atoms with van der Waals surface area (Å²) in [4.78, 5) is 4.24. The lowest BCUT2D eigenvalue weighted by Gasteiger charge is -2.25. The number of aryl methyl sites for hydroxylation is 1. The highest BCUT2D eigenvalue weighted by molar-refractivity contribution is 6.29. The van der Waals surface area contributed by atoms with E-state index in [9.17, 15) is 0 Å². The molecule has 0 radical (unpaired) electrons. The van der Waals surface area contributed by atoms with Crippen LogP contribution < -0.4 is 10.1 Å². The zero-order valence-corrected chi connectivity index (χ0v) is 13.2. The maximum atomic E-state index is 5.98. The Hall–Kier alpha value is -1.52. The first-order chi connectivity index (χ1) is 10.2. The quantitative estimate of drug-likeness (QED) is 0.942. The Labute approximate surface area is 130 Å². The van der Waals surface area contributed by atoms with Gasteiger partial charge in [-0.05, 0) is 49.6 Å². The van der Waals surface area contributed by atoms with Crippen molar-refractivity contribution in [3.05, 3.63) is 46.5 Å². The van der Waals surface area contributed by atoms with Crippen LogP contribution >= 0.6 is 11.6 Å². The Bertz CT molecular complexity index is 638. The molecular formula is C16H20ClN3O. The normalized spacial score (nSPS) is 17.6. The molecular weight excluding hydrogens is 286 g/mol. The van der Waals surface area contributed by atoms with Gasteiger partial charge in [0.1, 0.15) is 23.3 Å². The molecule has 1 aromatic heterocycles. The first-order valence-electron chi connectivity index (χ1n) is 7.28. The van der Waals surface area contributed by atoms with Gasteiger partial charge in [-0.2, -0.15) is 0 Å². The van der Waals surface area contributed by atoms with Gasteiger partial charge < -0.3 is 14.6 Å². The molecule has 1 aliphatic carbocycles. The molecule has 21 heavy (non-hydrogen) atoms. The molecule has 1 aliphatic rings. The van der Waals surface area contributed by atoms with Crippen LogP contribution in [0.15, 0.2) is 24.4 Å². The number of aromatic nitrogens is 2. The Balaban J connectivity index is 1.76. The monoisotopic (exact) mass is 305 g/mol. The lowest BCUT2D eigenvalue weighted by Crippen LogP contribution is -2.21. The first kappa shape index (κ1) is 14.4. The number of hydrogen-bond donors (Lipinski definition) is 1. The molecule has 0 amide bonds. The van der Waals surface area contributed by atoms with Gasteiger partial charge in [-0.25, -0.2) is 4.98 Å². The van der Waals surface area contributed by atoms with Crippen molar-refractivity contribution in [2.45, 2.75) is 31.9 Å². The van der Waals surface area contributed by atoms with E-state index in [2.05, 4.69) is 22.4 Å². The molecule has 1 N–H and O–H groups in total. The lowest BCUT2D eigenvalue weighted by molar-refractivity contribution is 0.291. The highest BCUT2D eigenvalue weighted by atomic mass is 35.5. The molecule has 3 rings (SSSR count). The fourth-order valence-corrected chi connectivity index (χ4v) is 3.02. The lowest BCUT2D eigenvalue weighted by atomic mass is 9.87. The zero-order chi connectivity index (χ0) is 14.8. The average molecular weight is 306 g/mol. The third-order valence-corrected chi connectivity index (χ3v) is 4.53. The molecule has 2 aromatic rings. The van der Waals surface area contributed by atoms with E-state index in [4.69, 9.17) is 16.3 Å². The molecule has 0 bridgehead atoms. The van der Waals surface area contributed by atoms with Crippen LogP contribution in [0.5, 0.6) is 5.75 Å². The minimum atomic E-state index is 0.423. The summed E-state index contributed by atoms with van der Waals surface area (Å²) in [5.41, 5.74) is 2.78. The summed E-state index contributed by atoms with van der Waals surface area (Å²) in [6.07, 6.45) is 5.22. The maximum Gasteiger partial charge on any atom is 0.147 e. The summed E-state index contributed by atoms with van der Waals surface area (Å²) in [6, 6.07) is 6.81. The van der Waals surface area contributed by atoms with Crippen LogP contribution in [0.4, 0.5) is 0 Å². The highest BCUT2D eigenvalue weighted by Gasteiger charge is 2.19. The zero-order valence-electron chi connectivity index (χ0n) is 12.4. The van der Waals surface area contributed by atoms with E-state index in [1.165, 1.54) is 24.0 Å². The molecule has 1 heterocycles. The van der Waals surface area contributed by atoms with Gasteiger partial charge in [0, 0.05) is 13.1 Å². The second kappa shape index (κ2) is 6.08. The number of imidazole rings is 1. The van der Waals surface area contributed by atoms with E-state index in [-0.39, 0.29) is 0 Å². The van der Waals surface area contributed by atoms with Crippen LogP contribution in [0.3, 0.4) is 0 Å². The van der Waals surface area contributed by atoms with Crippen molar-refractivity contribution in [1.29, 1.82) is 0 Å². The molecule has 0 saturated carbocycles. The summed E-state index contributed by atoms with van der Waals surface area (Å²) in [6.45, 7) is 0.423. The molecule has 0 spiro atoms. The standard InChI is InChI=1S/C16H20ClN3O/c1-18-14-5-3-4-11-6-7-12(8-13(11)14)21-10-16-19-9-15(17)20(16)2/h6-9,14,18H,3-5,10H2,1-2H3. The summed E-state index contributed by atoms with van der Waals surface area (Å²) in [7, 11) is 3.90. The Kier molecular flexibility index (Phi) is 4.17. The summed E-state index contributed by atoms with van der Waals surface area (Å²) < 4.78 is 7.71. The predicted octanol–water partition coefficient (Wildman–Crippen LogP) is 3.25. The molecule has 112 valence electrons. The van der Waals surface area contributed by atoms with Crippen molar-refractivity contribution in [2.24, 2.45) is 7.05 Å². The van der Waals surface area contributed by atoms with Crippen LogP contribution in [0.25, 0.3) is 0 Å². The fourth-order valence-electron chi connectivity index (χ4n) is 2.87. The van der Waals surface area contributed by atoms with Gasteiger partial charge in [0.25, 0.3) is 0 Å². The Morgan fingerprint density at radius 1 is 1.48 bits per heavy atom. The van der Waals surface area contributed by atoms with E-state index in [0.29, 0.717) is 17.8 Å². The van der Waals surface area contributed by atoms with E-state index in [1.807, 2.05) is 24.7 Å². The van der Waals surface area contributed by atoms with Gasteiger partial charge in [-0.3, -0.25) is 0 Å². The molecule has 1 aromatic carbocycles. The molecule has 0 aliphatic heterocycles. The molecule has 0 fully saturated rings. The van der Waals surface area contributed by atoms with E-state index in [0.717, 1.165) is 18.0 Å². The fraction of sp³-hybridized carbons (Fsp3) is 0.438. The largest absolute Gasteiger partial charge is 0.486 e. The van der Waals surface area contributed by atoms with Crippen LogP contribution in [0.2, 0.25) is 5.15 Å². The van der Waals surface area contributed by atoms with Crippen LogP contribution in [-0.4, -0.2) is 16.6 Å². The predicted molar refractivity (Wildman–Crippen MR) is 83.7 cm³/mol. The highest BCUT2D eigenvalue weighted by Crippen LogP contribution is 2.32. The van der Waals surface area contributed by atoms with Crippen molar-refractivity contribution >= 4 is 11.6 Å². The van der Waals surface area contributed by atoms with Gasteiger partial charge in [-0.15, -0.1) is 0 Å². The average Bonchev–Trinajstić information content (AvgIpc) is 2.84. The van der Waals surface area contributed by atoms with Gasteiger partial charge in [-0.1, -0.05) is 17.7 Å². The van der Waals surface area contributed by atoms with Crippen molar-refractivity contribution in [1.82, 2.24) is 14.9 Å². The molecule has 1 atom stereocenters. The third kappa shape index (κ3) is 2.92. The Morgan fingerprint density at radius 3 is 3.05 bits per heavy atom. The van der Waals surface area contributed by atoms with Gasteiger partial charge in [0.2, 0.25) is 0 Å². The number of fused-ring (bicyclic) bond motifs is 1. The molecule has 5 heteroatoms. The summed E-state index contributed by atoms with van der Waals surface area (Å²) >= 11 is 5.98. The summed E-state index contributed by atoms with van der Waals surface area (Å²) in [5, 5.41) is 4.00. The number of benzene rings is 1. The van der Waals surface area contributed by atoms with Crippen molar-refractivity contribution in [3.63, 3.8) is 0 Å². The van der Waals surface area contributed by atoms with E-state index >= 15 is 0 Å². The second-order valence-corrected chi connectivity index (χ2v) is 5.83. The molecule has 1 unspecified atom stereocenters. The third-order valence-electron chi connectivity index (χ3n) is 4.18. The topological polar surface area (TPSA) is 39.1 Å². The number of nitrogens with one attached hydrogen (secondary N) is 1. The molecule has 4 nitrogen and oxygen atoms in total. The van der Waals surface area contributed by atoms with Crippen molar-refractivity contribution < 1.29 is 4.74 Å². The number of nitrogens with zero attached hydrogens (tertiary/aromatic N) is 2. The van der Waals surface area contributed by atoms with Crippen LogP contribution in [0, 0.1) is 0 Å². The number of halogens is 1. The Morgan fingerprint density at radius 2 is 2.33 bits per heavy atom. The van der Waals surface area contributed by atoms with Gasteiger partial charge >= 0.3 is 0 Å². The maximum absolute atomic E-state index is 5.98. The van der Waals surface area contributed by atoms with Crippen molar-refractivity contribution in [2.75, 3.05) is 7.05 Å². The second-order valence-electron chi connectivity index (χ2n) is 5.44. The smallest absolute Gasteiger partial charge is 0.147 e. The van der Waals surface area contributed by atoms with E-state index in [1.54, 1.807) is 6.20 Å². The van der Waals surface area contributed by atoms with Crippen LogP contribution in [0.1, 0.15) is 35.8 Å². The van der Waals surface area contributed by atoms with Gasteiger partial charge in [0.15, 0.2) is 0 Å². The van der Waals surface area contributed by atoms with Gasteiger partial charge in [0.05, 0.1) is 6.20 Å². The summed E-state index contributed by atoms with van der Waals surface area (Å²) in [5.74, 6) is 1.71. The SMILES string of the molecule is CNC1CCCc2ccc(OCc3ncc(Cl)n3C)cc21.